The van der Waals surface area contributed by atoms with E-state index in [0.717, 1.165) is 11.3 Å². The van der Waals surface area contributed by atoms with Crippen LogP contribution in [0.15, 0.2) is 39.9 Å². The highest BCUT2D eigenvalue weighted by Gasteiger charge is 2.27. The molecule has 0 fully saturated rings. The summed E-state index contributed by atoms with van der Waals surface area (Å²) in [5.41, 5.74) is -0.169. The summed E-state index contributed by atoms with van der Waals surface area (Å²) in [6, 6.07) is 7.33. The Morgan fingerprint density at radius 2 is 2.12 bits per heavy atom. The first kappa shape index (κ1) is 18.8. The second kappa shape index (κ2) is 8.53. The zero-order chi connectivity index (χ0) is 18.3. The number of hydrogen-bond donors (Lipinski definition) is 3. The molecule has 0 aliphatic heterocycles. The van der Waals surface area contributed by atoms with E-state index < -0.39 is 5.60 Å². The van der Waals surface area contributed by atoms with Crippen molar-refractivity contribution in [2.24, 2.45) is 4.99 Å². The predicted octanol–water partition coefficient (Wildman–Crippen LogP) is 1.95. The average Bonchev–Trinajstić information content (AvgIpc) is 3.05. The molecule has 2 aromatic heterocycles. The van der Waals surface area contributed by atoms with Gasteiger partial charge < -0.3 is 24.9 Å². The van der Waals surface area contributed by atoms with Crippen LogP contribution in [0, 0.1) is 6.92 Å². The molecule has 2 rings (SSSR count). The van der Waals surface area contributed by atoms with Crippen LogP contribution < -0.4 is 15.4 Å². The normalized spacial score (nSPS) is 14.0. The lowest BCUT2D eigenvalue weighted by Crippen LogP contribution is -2.44. The first-order valence-electron chi connectivity index (χ1n) is 8.25. The van der Waals surface area contributed by atoms with Crippen molar-refractivity contribution in [3.63, 3.8) is 0 Å². The molecule has 7 heteroatoms. The Balaban J connectivity index is 1.99. The number of ether oxygens (including phenoxy) is 1. The third-order valence-corrected chi connectivity index (χ3v) is 3.64. The summed E-state index contributed by atoms with van der Waals surface area (Å²) in [4.78, 5) is 8.68. The first-order chi connectivity index (χ1) is 11.9. The number of aryl methyl sites for hydroxylation is 1. The molecule has 3 N–H and O–H groups in total. The number of furan rings is 1. The molecule has 0 radical (unpaired) electrons. The highest BCUT2D eigenvalue weighted by molar-refractivity contribution is 5.79. The maximum Gasteiger partial charge on any atom is 0.212 e. The van der Waals surface area contributed by atoms with Crippen LogP contribution >= 0.6 is 0 Å². The summed E-state index contributed by atoms with van der Waals surface area (Å²) in [6.07, 6.45) is 1.73. The summed E-state index contributed by atoms with van der Waals surface area (Å²) in [6.45, 7) is 6.99. The van der Waals surface area contributed by atoms with Crippen molar-refractivity contribution >= 4 is 5.96 Å². The molecule has 0 aliphatic carbocycles. The molecule has 0 aromatic carbocycles. The Hall–Kier alpha value is -2.54. The summed E-state index contributed by atoms with van der Waals surface area (Å²) in [5.74, 6) is 2.47. The fraction of sp³-hybridized carbons (Fsp3) is 0.444. The Bertz CT molecular complexity index is 693. The summed E-state index contributed by atoms with van der Waals surface area (Å²) in [7, 11) is 1.58. The largest absolute Gasteiger partial charge is 0.481 e. The quantitative estimate of drug-likeness (QED) is 0.524. The van der Waals surface area contributed by atoms with E-state index in [9.17, 15) is 5.11 Å². The smallest absolute Gasteiger partial charge is 0.212 e. The maximum absolute atomic E-state index is 10.6. The third-order valence-electron chi connectivity index (χ3n) is 3.64. The average molecular weight is 346 g/mol. The fourth-order valence-corrected chi connectivity index (χ4v) is 2.20. The summed E-state index contributed by atoms with van der Waals surface area (Å²) < 4.78 is 10.6. The van der Waals surface area contributed by atoms with Gasteiger partial charge in [-0.25, -0.2) is 9.98 Å². The number of aromatic nitrogens is 1. The number of methoxy groups -OCH3 is 1. The van der Waals surface area contributed by atoms with E-state index in [2.05, 4.69) is 20.6 Å². The molecule has 0 saturated heterocycles. The Kier molecular flexibility index (Phi) is 6.41. The minimum absolute atomic E-state index is 0.270. The molecule has 0 aliphatic rings. The molecule has 0 bridgehead atoms. The van der Waals surface area contributed by atoms with Crippen molar-refractivity contribution in [2.75, 3.05) is 20.2 Å². The van der Waals surface area contributed by atoms with Gasteiger partial charge in [0.05, 0.1) is 20.2 Å². The van der Waals surface area contributed by atoms with E-state index in [1.54, 1.807) is 32.4 Å². The van der Waals surface area contributed by atoms with E-state index in [1.165, 1.54) is 0 Å². The van der Waals surface area contributed by atoms with Crippen LogP contribution in [0.4, 0.5) is 0 Å². The minimum atomic E-state index is -1.13. The van der Waals surface area contributed by atoms with E-state index >= 15 is 0 Å². The molecule has 1 unspecified atom stereocenters. The van der Waals surface area contributed by atoms with Crippen LogP contribution in [0.1, 0.15) is 30.9 Å². The number of pyridine rings is 1. The SMILES string of the molecule is CCNC(=NCc1ccc(OC)nc1)NCC(C)(O)c1ccc(C)o1. The minimum Gasteiger partial charge on any atom is -0.481 e. The Morgan fingerprint density at radius 1 is 1.32 bits per heavy atom. The molecular weight excluding hydrogens is 320 g/mol. The van der Waals surface area contributed by atoms with Crippen LogP contribution in [0.2, 0.25) is 0 Å². The molecule has 0 saturated carbocycles. The number of aliphatic hydroxyl groups is 1. The van der Waals surface area contributed by atoms with Crippen molar-refractivity contribution in [1.29, 1.82) is 0 Å². The number of nitrogens with zero attached hydrogens (tertiary/aromatic N) is 2. The monoisotopic (exact) mass is 346 g/mol. The van der Waals surface area contributed by atoms with E-state index in [1.807, 2.05) is 26.0 Å². The van der Waals surface area contributed by atoms with Gasteiger partial charge in [-0.1, -0.05) is 6.07 Å². The van der Waals surface area contributed by atoms with Crippen LogP contribution in [0.25, 0.3) is 0 Å². The van der Waals surface area contributed by atoms with Gasteiger partial charge in [0.15, 0.2) is 5.96 Å². The fourth-order valence-electron chi connectivity index (χ4n) is 2.20. The summed E-state index contributed by atoms with van der Waals surface area (Å²) >= 11 is 0. The Morgan fingerprint density at radius 3 is 2.68 bits per heavy atom. The van der Waals surface area contributed by atoms with Gasteiger partial charge in [0.1, 0.15) is 17.1 Å². The van der Waals surface area contributed by atoms with Gasteiger partial charge in [-0.05, 0) is 38.5 Å². The molecule has 25 heavy (non-hydrogen) atoms. The molecular formula is C18H26N4O3. The van der Waals surface area contributed by atoms with Crippen LogP contribution in [0.3, 0.4) is 0 Å². The molecule has 2 heterocycles. The van der Waals surface area contributed by atoms with Crippen molar-refractivity contribution in [1.82, 2.24) is 15.6 Å². The van der Waals surface area contributed by atoms with E-state index in [4.69, 9.17) is 9.15 Å². The summed E-state index contributed by atoms with van der Waals surface area (Å²) in [5, 5.41) is 16.9. The molecule has 1 atom stereocenters. The number of aliphatic imine (C=N–C) groups is 1. The molecule has 136 valence electrons. The topological polar surface area (TPSA) is 91.9 Å². The zero-order valence-corrected chi connectivity index (χ0v) is 15.2. The zero-order valence-electron chi connectivity index (χ0n) is 15.2. The van der Waals surface area contributed by atoms with Gasteiger partial charge in [-0.3, -0.25) is 0 Å². The lowest BCUT2D eigenvalue weighted by molar-refractivity contribution is 0.0378. The predicted molar refractivity (Wildman–Crippen MR) is 96.6 cm³/mol. The number of hydrogen-bond acceptors (Lipinski definition) is 5. The van der Waals surface area contributed by atoms with Crippen LogP contribution in [0.5, 0.6) is 5.88 Å². The van der Waals surface area contributed by atoms with E-state index in [-0.39, 0.29) is 6.54 Å². The van der Waals surface area contributed by atoms with Gasteiger partial charge in [0.25, 0.3) is 0 Å². The highest BCUT2D eigenvalue weighted by Crippen LogP contribution is 2.21. The first-order valence-corrected chi connectivity index (χ1v) is 8.25. The van der Waals surface area contributed by atoms with Gasteiger partial charge in [-0.2, -0.15) is 0 Å². The maximum atomic E-state index is 10.6. The van der Waals surface area contributed by atoms with Crippen molar-refractivity contribution in [2.45, 2.75) is 32.9 Å². The molecule has 0 amide bonds. The third kappa shape index (κ3) is 5.49. The van der Waals surface area contributed by atoms with Crippen LogP contribution in [-0.4, -0.2) is 36.2 Å². The highest BCUT2D eigenvalue weighted by atomic mass is 16.5. The number of nitrogens with one attached hydrogen (secondary N) is 2. The van der Waals surface area contributed by atoms with Crippen LogP contribution in [-0.2, 0) is 12.1 Å². The molecule has 7 nitrogen and oxygen atoms in total. The molecule has 0 spiro atoms. The Labute approximate surface area is 148 Å². The second-order valence-electron chi connectivity index (χ2n) is 5.94. The van der Waals surface area contributed by atoms with Gasteiger partial charge in [-0.15, -0.1) is 0 Å². The van der Waals surface area contributed by atoms with Crippen molar-refractivity contribution in [3.8, 4) is 5.88 Å². The lowest BCUT2D eigenvalue weighted by Gasteiger charge is -2.22. The van der Waals surface area contributed by atoms with Crippen molar-refractivity contribution < 1.29 is 14.3 Å². The standard InChI is InChI=1S/C18H26N4O3/c1-5-19-17(21-11-14-7-9-16(24-4)20-10-14)22-12-18(3,23)15-8-6-13(2)25-15/h6-10,23H,5,11-12H2,1-4H3,(H2,19,21,22). The molecule has 2 aromatic rings. The van der Waals surface area contributed by atoms with Gasteiger partial charge in [0, 0.05) is 18.8 Å². The lowest BCUT2D eigenvalue weighted by atomic mass is 10.0. The van der Waals surface area contributed by atoms with Gasteiger partial charge in [0.2, 0.25) is 5.88 Å². The van der Waals surface area contributed by atoms with Gasteiger partial charge >= 0.3 is 0 Å². The number of rotatable bonds is 7. The second-order valence-corrected chi connectivity index (χ2v) is 5.94. The van der Waals surface area contributed by atoms with E-state index in [0.29, 0.717) is 30.7 Å². The van der Waals surface area contributed by atoms with Crippen molar-refractivity contribution in [3.05, 3.63) is 47.5 Å². The number of guanidine groups is 1.